The van der Waals surface area contributed by atoms with Crippen LogP contribution in [0.1, 0.15) is 36.2 Å². The van der Waals surface area contributed by atoms with Crippen LogP contribution in [0.15, 0.2) is 18.3 Å². The molecule has 1 aromatic heterocycles. The van der Waals surface area contributed by atoms with E-state index >= 15 is 0 Å². The number of carboxylic acid groups (broad SMARTS) is 1. The molecule has 1 aromatic rings. The van der Waals surface area contributed by atoms with Crippen LogP contribution >= 0.6 is 0 Å². The zero-order valence-electron chi connectivity index (χ0n) is 10.4. The minimum absolute atomic E-state index is 0.00265. The summed E-state index contributed by atoms with van der Waals surface area (Å²) in [5.74, 6) is -1.65. The van der Waals surface area contributed by atoms with E-state index in [1.165, 1.54) is 12.3 Å². The second kappa shape index (κ2) is 5.69. The average Bonchev–Trinajstić information content (AvgIpc) is 2.39. The Morgan fingerprint density at radius 3 is 2.53 bits per heavy atom. The number of hydrogen-bond acceptors (Lipinski definition) is 4. The van der Waals surface area contributed by atoms with Gasteiger partial charge in [-0.25, -0.2) is 4.98 Å². The smallest absolute Gasteiger partial charge is 0.306 e. The van der Waals surface area contributed by atoms with Crippen LogP contribution in [-0.4, -0.2) is 33.1 Å². The van der Waals surface area contributed by atoms with Gasteiger partial charge in [0.25, 0.3) is 5.91 Å². The van der Waals surface area contributed by atoms with Crippen LogP contribution in [0.4, 0.5) is 0 Å². The third kappa shape index (κ3) is 3.21. The van der Waals surface area contributed by atoms with Crippen molar-refractivity contribution in [1.82, 2.24) is 10.3 Å². The molecule has 0 aromatic carbocycles. The first kappa shape index (κ1) is 13.3. The van der Waals surface area contributed by atoms with Crippen LogP contribution in [0.2, 0.25) is 0 Å². The maximum absolute atomic E-state index is 11.9. The quantitative estimate of drug-likeness (QED) is 0.760. The molecule has 0 aliphatic heterocycles. The molecule has 6 heteroatoms. The van der Waals surface area contributed by atoms with Crippen LogP contribution in [0.5, 0.6) is 5.75 Å². The van der Waals surface area contributed by atoms with Gasteiger partial charge in [-0.3, -0.25) is 9.59 Å². The standard InChI is InChI=1S/C13H16N2O4/c16-10-2-1-7-14-11(10)12(17)15-9-5-3-8(4-6-9)13(18)19/h1-2,7-9,16H,3-6H2,(H,15,17)(H,18,19). The molecule has 0 bridgehead atoms. The number of amides is 1. The van der Waals surface area contributed by atoms with Crippen molar-refractivity contribution in [2.45, 2.75) is 31.7 Å². The number of carbonyl (C=O) groups is 2. The van der Waals surface area contributed by atoms with E-state index in [0.29, 0.717) is 25.7 Å². The van der Waals surface area contributed by atoms with E-state index in [0.717, 1.165) is 0 Å². The summed E-state index contributed by atoms with van der Waals surface area (Å²) in [6, 6.07) is 2.90. The summed E-state index contributed by atoms with van der Waals surface area (Å²) < 4.78 is 0. The van der Waals surface area contributed by atoms with Gasteiger partial charge in [0.1, 0.15) is 5.75 Å². The van der Waals surface area contributed by atoms with Gasteiger partial charge in [-0.15, -0.1) is 0 Å². The molecule has 1 aliphatic carbocycles. The van der Waals surface area contributed by atoms with Crippen LogP contribution in [0.3, 0.4) is 0 Å². The Morgan fingerprint density at radius 2 is 1.95 bits per heavy atom. The highest BCUT2D eigenvalue weighted by Crippen LogP contribution is 2.25. The molecule has 3 N–H and O–H groups in total. The van der Waals surface area contributed by atoms with Crippen molar-refractivity contribution in [3.8, 4) is 5.75 Å². The minimum Gasteiger partial charge on any atom is -0.505 e. The molecule has 1 saturated carbocycles. The van der Waals surface area contributed by atoms with Crippen molar-refractivity contribution in [2.75, 3.05) is 0 Å². The van der Waals surface area contributed by atoms with E-state index in [1.807, 2.05) is 0 Å². The van der Waals surface area contributed by atoms with Crippen molar-refractivity contribution in [2.24, 2.45) is 5.92 Å². The lowest BCUT2D eigenvalue weighted by Gasteiger charge is -2.26. The number of nitrogens with one attached hydrogen (secondary N) is 1. The van der Waals surface area contributed by atoms with Gasteiger partial charge in [0.15, 0.2) is 5.69 Å². The third-order valence-corrected chi connectivity index (χ3v) is 3.41. The molecular formula is C13H16N2O4. The van der Waals surface area contributed by atoms with Crippen LogP contribution in [0.25, 0.3) is 0 Å². The second-order valence-corrected chi connectivity index (χ2v) is 4.73. The summed E-state index contributed by atoms with van der Waals surface area (Å²) >= 11 is 0. The molecule has 0 saturated heterocycles. The number of pyridine rings is 1. The fourth-order valence-corrected chi connectivity index (χ4v) is 2.31. The van der Waals surface area contributed by atoms with Gasteiger partial charge in [0.2, 0.25) is 0 Å². The Bertz CT molecular complexity index is 481. The van der Waals surface area contributed by atoms with Crippen LogP contribution in [0, 0.1) is 5.92 Å². The zero-order valence-corrected chi connectivity index (χ0v) is 10.4. The number of rotatable bonds is 3. The van der Waals surface area contributed by atoms with Crippen LogP contribution in [-0.2, 0) is 4.79 Å². The van der Waals surface area contributed by atoms with Crippen molar-refractivity contribution in [3.05, 3.63) is 24.0 Å². The first-order valence-corrected chi connectivity index (χ1v) is 6.25. The van der Waals surface area contributed by atoms with Gasteiger partial charge < -0.3 is 15.5 Å². The summed E-state index contributed by atoms with van der Waals surface area (Å²) in [5, 5.41) is 21.2. The average molecular weight is 264 g/mol. The molecular weight excluding hydrogens is 248 g/mol. The van der Waals surface area contributed by atoms with Crippen molar-refractivity contribution < 1.29 is 19.8 Å². The molecule has 6 nitrogen and oxygen atoms in total. The number of aliphatic carboxylic acids is 1. The largest absolute Gasteiger partial charge is 0.505 e. The third-order valence-electron chi connectivity index (χ3n) is 3.41. The van der Waals surface area contributed by atoms with Gasteiger partial charge in [-0.1, -0.05) is 0 Å². The van der Waals surface area contributed by atoms with Gasteiger partial charge in [0.05, 0.1) is 5.92 Å². The lowest BCUT2D eigenvalue weighted by atomic mass is 9.86. The number of aromatic hydroxyl groups is 1. The Hall–Kier alpha value is -2.11. The SMILES string of the molecule is O=C(NC1CCC(C(=O)O)CC1)c1ncccc1O. The molecule has 2 rings (SSSR count). The fraction of sp³-hybridized carbons (Fsp3) is 0.462. The second-order valence-electron chi connectivity index (χ2n) is 4.73. The highest BCUT2D eigenvalue weighted by molar-refractivity contribution is 5.94. The molecule has 0 spiro atoms. The lowest BCUT2D eigenvalue weighted by molar-refractivity contribution is -0.142. The molecule has 1 heterocycles. The number of carboxylic acids is 1. The van der Waals surface area contributed by atoms with Crippen LogP contribution < -0.4 is 5.32 Å². The highest BCUT2D eigenvalue weighted by Gasteiger charge is 2.27. The molecule has 0 atom stereocenters. The monoisotopic (exact) mass is 264 g/mol. The summed E-state index contributed by atoms with van der Waals surface area (Å²) in [4.78, 5) is 26.5. The number of carbonyl (C=O) groups excluding carboxylic acids is 1. The first-order chi connectivity index (χ1) is 9.08. The van der Waals surface area contributed by atoms with Gasteiger partial charge in [-0.05, 0) is 37.8 Å². The molecule has 0 unspecified atom stereocenters. The number of hydrogen-bond donors (Lipinski definition) is 3. The predicted octanol–water partition coefficient (Wildman–Crippen LogP) is 1.16. The summed E-state index contributed by atoms with van der Waals surface area (Å²) in [6.07, 6.45) is 3.84. The van der Waals surface area contributed by atoms with Gasteiger partial charge in [-0.2, -0.15) is 0 Å². The molecule has 1 aliphatic rings. The van der Waals surface area contributed by atoms with Crippen molar-refractivity contribution in [3.63, 3.8) is 0 Å². The van der Waals surface area contributed by atoms with E-state index in [4.69, 9.17) is 5.11 Å². The Kier molecular flexibility index (Phi) is 3.99. The van der Waals surface area contributed by atoms with E-state index in [2.05, 4.69) is 10.3 Å². The van der Waals surface area contributed by atoms with Gasteiger partial charge in [0, 0.05) is 12.2 Å². The van der Waals surface area contributed by atoms with E-state index in [-0.39, 0.29) is 23.4 Å². The molecule has 102 valence electrons. The van der Waals surface area contributed by atoms with Crippen molar-refractivity contribution in [1.29, 1.82) is 0 Å². The predicted molar refractivity (Wildman–Crippen MR) is 66.7 cm³/mol. The Balaban J connectivity index is 1.91. The first-order valence-electron chi connectivity index (χ1n) is 6.25. The maximum Gasteiger partial charge on any atom is 0.306 e. The van der Waals surface area contributed by atoms with Gasteiger partial charge >= 0.3 is 5.97 Å². The zero-order chi connectivity index (χ0) is 13.8. The molecule has 1 amide bonds. The summed E-state index contributed by atoms with van der Waals surface area (Å²) in [6.45, 7) is 0. The van der Waals surface area contributed by atoms with E-state index < -0.39 is 11.9 Å². The van der Waals surface area contributed by atoms with E-state index in [1.54, 1.807) is 6.07 Å². The molecule has 19 heavy (non-hydrogen) atoms. The number of nitrogens with zero attached hydrogens (tertiary/aromatic N) is 1. The highest BCUT2D eigenvalue weighted by atomic mass is 16.4. The summed E-state index contributed by atoms with van der Waals surface area (Å²) in [5.41, 5.74) is 0.00265. The van der Waals surface area contributed by atoms with Crippen molar-refractivity contribution >= 4 is 11.9 Å². The Labute approximate surface area is 110 Å². The maximum atomic E-state index is 11.9. The number of aromatic nitrogens is 1. The van der Waals surface area contributed by atoms with E-state index in [9.17, 15) is 14.7 Å². The molecule has 0 radical (unpaired) electrons. The molecule has 1 fully saturated rings. The minimum atomic E-state index is -0.771. The normalized spacial score (nSPS) is 22.7. The Morgan fingerprint density at radius 1 is 1.26 bits per heavy atom. The fourth-order valence-electron chi connectivity index (χ4n) is 2.31. The lowest BCUT2D eigenvalue weighted by Crippen LogP contribution is -2.39. The topological polar surface area (TPSA) is 99.5 Å². The summed E-state index contributed by atoms with van der Waals surface area (Å²) in [7, 11) is 0.